The Bertz CT molecular complexity index is 572. The summed E-state index contributed by atoms with van der Waals surface area (Å²) >= 11 is 0. The zero-order valence-electron chi connectivity index (χ0n) is 10.8. The van der Waals surface area contributed by atoms with Crippen LogP contribution in [0.3, 0.4) is 0 Å². The maximum atomic E-state index is 13.5. The number of hydrogen-bond donors (Lipinski definition) is 2. The second-order valence-electron chi connectivity index (χ2n) is 4.30. The van der Waals surface area contributed by atoms with E-state index in [0.717, 1.165) is 30.9 Å². The van der Waals surface area contributed by atoms with Crippen LogP contribution < -0.4 is 11.1 Å². The van der Waals surface area contributed by atoms with Gasteiger partial charge in [-0.3, -0.25) is 4.79 Å². The SMILES string of the molecule is CCC[C@@H](N)C(=O)Nc1cc(S(C)(=O)=O)ccc1F. The summed E-state index contributed by atoms with van der Waals surface area (Å²) < 4.78 is 36.2. The van der Waals surface area contributed by atoms with Gasteiger partial charge in [-0.2, -0.15) is 0 Å². The molecular weight excluding hydrogens is 271 g/mol. The average Bonchev–Trinajstić information content (AvgIpc) is 2.30. The van der Waals surface area contributed by atoms with Crippen molar-refractivity contribution >= 4 is 21.4 Å². The number of halogens is 1. The fourth-order valence-corrected chi connectivity index (χ4v) is 2.15. The maximum absolute atomic E-state index is 13.5. The molecule has 5 nitrogen and oxygen atoms in total. The Balaban J connectivity index is 2.98. The van der Waals surface area contributed by atoms with E-state index in [-0.39, 0.29) is 10.6 Å². The number of carbonyl (C=O) groups excluding carboxylic acids is 1. The Morgan fingerprint density at radius 1 is 1.47 bits per heavy atom. The number of amides is 1. The molecule has 0 heterocycles. The van der Waals surface area contributed by atoms with E-state index in [2.05, 4.69) is 5.32 Å². The molecule has 0 aromatic heterocycles. The topological polar surface area (TPSA) is 89.3 Å². The number of hydrogen-bond acceptors (Lipinski definition) is 4. The van der Waals surface area contributed by atoms with Crippen molar-refractivity contribution in [2.45, 2.75) is 30.7 Å². The molecule has 0 saturated heterocycles. The third kappa shape index (κ3) is 4.29. The minimum atomic E-state index is -3.46. The molecule has 1 atom stereocenters. The zero-order chi connectivity index (χ0) is 14.6. The Labute approximate surface area is 111 Å². The molecule has 0 spiro atoms. The van der Waals surface area contributed by atoms with Gasteiger partial charge in [-0.25, -0.2) is 12.8 Å². The lowest BCUT2D eigenvalue weighted by Gasteiger charge is -2.12. The van der Waals surface area contributed by atoms with E-state index in [1.807, 2.05) is 6.92 Å². The van der Waals surface area contributed by atoms with E-state index >= 15 is 0 Å². The summed E-state index contributed by atoms with van der Waals surface area (Å²) in [5, 5.41) is 2.30. The molecule has 0 aliphatic carbocycles. The summed E-state index contributed by atoms with van der Waals surface area (Å²) in [6.07, 6.45) is 2.20. The number of nitrogens with one attached hydrogen (secondary N) is 1. The van der Waals surface area contributed by atoms with Crippen molar-refractivity contribution in [1.82, 2.24) is 0 Å². The van der Waals surface area contributed by atoms with Crippen LogP contribution in [0.2, 0.25) is 0 Å². The molecule has 7 heteroatoms. The Morgan fingerprint density at radius 3 is 2.63 bits per heavy atom. The van der Waals surface area contributed by atoms with Gasteiger partial charge in [-0.05, 0) is 24.6 Å². The fraction of sp³-hybridized carbons (Fsp3) is 0.417. The highest BCUT2D eigenvalue weighted by Gasteiger charge is 2.16. The van der Waals surface area contributed by atoms with Gasteiger partial charge >= 0.3 is 0 Å². The van der Waals surface area contributed by atoms with Crippen molar-refractivity contribution in [1.29, 1.82) is 0 Å². The minimum absolute atomic E-state index is 0.0618. The number of carbonyl (C=O) groups is 1. The molecule has 3 N–H and O–H groups in total. The first kappa shape index (κ1) is 15.6. The summed E-state index contributed by atoms with van der Waals surface area (Å²) in [5.74, 6) is -1.24. The normalized spacial score (nSPS) is 13.1. The largest absolute Gasteiger partial charge is 0.322 e. The molecule has 106 valence electrons. The van der Waals surface area contributed by atoms with Crippen LogP contribution in [-0.2, 0) is 14.6 Å². The van der Waals surface area contributed by atoms with E-state index in [1.54, 1.807) is 0 Å². The first-order chi connectivity index (χ1) is 8.75. The lowest BCUT2D eigenvalue weighted by Crippen LogP contribution is -2.35. The second-order valence-corrected chi connectivity index (χ2v) is 6.31. The standard InChI is InChI=1S/C12H17FN2O3S/c1-3-4-10(14)12(16)15-11-7-8(19(2,17)18)5-6-9(11)13/h5-7,10H,3-4,14H2,1-2H3,(H,15,16)/t10-/m1/s1. The smallest absolute Gasteiger partial charge is 0.241 e. The monoisotopic (exact) mass is 288 g/mol. The molecule has 1 amide bonds. The summed E-state index contributed by atoms with van der Waals surface area (Å²) in [5.41, 5.74) is 5.42. The molecular formula is C12H17FN2O3S. The lowest BCUT2D eigenvalue weighted by atomic mass is 10.1. The van der Waals surface area contributed by atoms with E-state index in [4.69, 9.17) is 5.73 Å². The molecule has 0 aliphatic rings. The third-order valence-corrected chi connectivity index (χ3v) is 3.67. The van der Waals surface area contributed by atoms with Crippen LogP contribution in [0.1, 0.15) is 19.8 Å². The van der Waals surface area contributed by atoms with Crippen LogP contribution in [0.5, 0.6) is 0 Å². The lowest BCUT2D eigenvalue weighted by molar-refractivity contribution is -0.117. The van der Waals surface area contributed by atoms with Gasteiger partial charge < -0.3 is 11.1 Å². The summed E-state index contributed by atoms with van der Waals surface area (Å²) in [7, 11) is -3.46. The van der Waals surface area contributed by atoms with Crippen molar-refractivity contribution in [3.63, 3.8) is 0 Å². The minimum Gasteiger partial charge on any atom is -0.322 e. The molecule has 0 aliphatic heterocycles. The quantitative estimate of drug-likeness (QED) is 0.799. The van der Waals surface area contributed by atoms with Crippen LogP contribution in [0.25, 0.3) is 0 Å². The average molecular weight is 288 g/mol. The van der Waals surface area contributed by atoms with Gasteiger partial charge in [0.1, 0.15) is 5.82 Å². The molecule has 19 heavy (non-hydrogen) atoms. The molecule has 0 saturated carbocycles. The highest BCUT2D eigenvalue weighted by Crippen LogP contribution is 2.19. The highest BCUT2D eigenvalue weighted by molar-refractivity contribution is 7.90. The van der Waals surface area contributed by atoms with Crippen LogP contribution in [0.15, 0.2) is 23.1 Å². The van der Waals surface area contributed by atoms with Crippen molar-refractivity contribution in [2.24, 2.45) is 5.73 Å². The van der Waals surface area contributed by atoms with Gasteiger partial charge in [0.25, 0.3) is 0 Å². The van der Waals surface area contributed by atoms with Crippen molar-refractivity contribution in [3.05, 3.63) is 24.0 Å². The second kappa shape index (κ2) is 6.12. The predicted molar refractivity (Wildman–Crippen MR) is 71.0 cm³/mol. The first-order valence-electron chi connectivity index (χ1n) is 5.81. The number of sulfone groups is 1. The molecule has 1 aromatic rings. The van der Waals surface area contributed by atoms with Gasteiger partial charge in [0.15, 0.2) is 9.84 Å². The van der Waals surface area contributed by atoms with Crippen LogP contribution in [0.4, 0.5) is 10.1 Å². The Hall–Kier alpha value is -1.47. The van der Waals surface area contributed by atoms with Gasteiger partial charge in [-0.15, -0.1) is 0 Å². The van der Waals surface area contributed by atoms with Gasteiger partial charge in [0.2, 0.25) is 5.91 Å². The van der Waals surface area contributed by atoms with Crippen LogP contribution in [0, 0.1) is 5.82 Å². The first-order valence-corrected chi connectivity index (χ1v) is 7.71. The molecule has 0 radical (unpaired) electrons. The van der Waals surface area contributed by atoms with E-state index in [0.29, 0.717) is 6.42 Å². The van der Waals surface area contributed by atoms with Gasteiger partial charge in [-0.1, -0.05) is 13.3 Å². The summed E-state index contributed by atoms with van der Waals surface area (Å²) in [4.78, 5) is 11.6. The van der Waals surface area contributed by atoms with Crippen LogP contribution in [-0.4, -0.2) is 26.6 Å². The van der Waals surface area contributed by atoms with Gasteiger partial charge in [0.05, 0.1) is 16.6 Å². The van der Waals surface area contributed by atoms with E-state index in [1.165, 1.54) is 0 Å². The molecule has 1 aromatic carbocycles. The number of benzene rings is 1. The van der Waals surface area contributed by atoms with E-state index in [9.17, 15) is 17.6 Å². The molecule has 0 fully saturated rings. The van der Waals surface area contributed by atoms with Crippen molar-refractivity contribution < 1.29 is 17.6 Å². The maximum Gasteiger partial charge on any atom is 0.241 e. The number of nitrogens with two attached hydrogens (primary N) is 1. The summed E-state index contributed by atoms with van der Waals surface area (Å²) in [6.45, 7) is 1.87. The zero-order valence-corrected chi connectivity index (χ0v) is 11.6. The molecule has 1 rings (SSSR count). The fourth-order valence-electron chi connectivity index (χ4n) is 1.50. The Kier molecular flexibility index (Phi) is 5.02. The molecule has 0 bridgehead atoms. The third-order valence-electron chi connectivity index (χ3n) is 2.56. The van der Waals surface area contributed by atoms with E-state index < -0.39 is 27.6 Å². The van der Waals surface area contributed by atoms with Crippen molar-refractivity contribution in [2.75, 3.05) is 11.6 Å². The van der Waals surface area contributed by atoms with Crippen molar-refractivity contribution in [3.8, 4) is 0 Å². The number of rotatable bonds is 5. The molecule has 0 unspecified atom stereocenters. The van der Waals surface area contributed by atoms with Gasteiger partial charge in [0, 0.05) is 6.26 Å². The summed E-state index contributed by atoms with van der Waals surface area (Å²) in [6, 6.07) is 2.48. The predicted octanol–water partition coefficient (Wildman–Crippen LogP) is 1.30. The number of anilines is 1. The Morgan fingerprint density at radius 2 is 2.11 bits per heavy atom. The van der Waals surface area contributed by atoms with Crippen LogP contribution >= 0.6 is 0 Å². The highest BCUT2D eigenvalue weighted by atomic mass is 32.2.